The monoisotopic (exact) mass is 244 g/mol. The van der Waals surface area contributed by atoms with Crippen LogP contribution >= 0.6 is 11.6 Å². The first kappa shape index (κ1) is 13.0. The number of benzene rings is 1. The smallest absolute Gasteiger partial charge is 0.225 e. The fourth-order valence-electron chi connectivity index (χ4n) is 1.26. The Morgan fingerprint density at radius 3 is 2.81 bits per heavy atom. The topological polar surface area (TPSA) is 44.8 Å². The van der Waals surface area contributed by atoms with Crippen LogP contribution in [0.4, 0.5) is 0 Å². The molecule has 4 nitrogen and oxygen atoms in total. The van der Waals surface area contributed by atoms with Gasteiger partial charge in [0.1, 0.15) is 19.1 Å². The molecule has 0 saturated carbocycles. The van der Waals surface area contributed by atoms with Gasteiger partial charge in [0.2, 0.25) is 6.29 Å². The third-order valence-corrected chi connectivity index (χ3v) is 2.11. The third kappa shape index (κ3) is 3.81. The molecule has 1 heterocycles. The zero-order valence-electron chi connectivity index (χ0n) is 8.89. The maximum atomic E-state index is 8.00. The van der Waals surface area contributed by atoms with Gasteiger partial charge in [0.25, 0.3) is 0 Å². The Morgan fingerprint density at radius 2 is 2.25 bits per heavy atom. The van der Waals surface area contributed by atoms with Gasteiger partial charge in [-0.05, 0) is 25.1 Å². The average molecular weight is 245 g/mol. The Bertz CT molecular complexity index is 332. The normalized spacial score (nSPS) is 23.4. The maximum absolute atomic E-state index is 8.00. The van der Waals surface area contributed by atoms with Gasteiger partial charge in [-0.1, -0.05) is 17.7 Å². The first-order chi connectivity index (χ1) is 7.74. The first-order valence-electron chi connectivity index (χ1n) is 4.72. The lowest BCUT2D eigenvalue weighted by molar-refractivity contribution is -0.0980. The van der Waals surface area contributed by atoms with Gasteiger partial charge in [-0.3, -0.25) is 0 Å². The van der Waals surface area contributed by atoms with E-state index in [0.717, 1.165) is 0 Å². The molecule has 88 valence electrons. The van der Waals surface area contributed by atoms with Crippen molar-refractivity contribution in [1.29, 1.82) is 0 Å². The highest BCUT2D eigenvalue weighted by atomic mass is 35.5. The minimum absolute atomic E-state index is 0.195. The predicted molar refractivity (Wildman–Crippen MR) is 59.5 cm³/mol. The van der Waals surface area contributed by atoms with Gasteiger partial charge in [0, 0.05) is 5.02 Å². The zero-order chi connectivity index (χ0) is 12.0. The van der Waals surface area contributed by atoms with E-state index in [1.165, 1.54) is 0 Å². The lowest BCUT2D eigenvalue weighted by Gasteiger charge is -2.11. The summed E-state index contributed by atoms with van der Waals surface area (Å²) < 4.78 is 16.0. The van der Waals surface area contributed by atoms with Crippen molar-refractivity contribution in [3.8, 4) is 5.75 Å². The molecular formula is C11H13ClO4. The molecule has 1 aliphatic rings. The zero-order valence-corrected chi connectivity index (χ0v) is 9.65. The second kappa shape index (κ2) is 6.48. The van der Waals surface area contributed by atoms with E-state index in [-0.39, 0.29) is 12.6 Å². The highest BCUT2D eigenvalue weighted by Crippen LogP contribution is 2.21. The summed E-state index contributed by atoms with van der Waals surface area (Å²) in [5.41, 5.74) is 0. The van der Waals surface area contributed by atoms with E-state index in [0.29, 0.717) is 17.4 Å². The van der Waals surface area contributed by atoms with Gasteiger partial charge in [0.15, 0.2) is 6.29 Å². The minimum Gasteiger partial charge on any atom is -0.462 e. The highest BCUT2D eigenvalue weighted by Gasteiger charge is 2.23. The summed E-state index contributed by atoms with van der Waals surface area (Å²) in [5.74, 6) is 0.695. The Balaban J connectivity index is 0.000000606. The van der Waals surface area contributed by atoms with E-state index in [9.17, 15) is 0 Å². The molecule has 0 amide bonds. The molecule has 0 aliphatic carbocycles. The fraction of sp³-hybridized carbons (Fsp3) is 0.364. The second-order valence-electron chi connectivity index (χ2n) is 3.04. The van der Waals surface area contributed by atoms with Gasteiger partial charge >= 0.3 is 0 Å². The molecule has 0 radical (unpaired) electrons. The van der Waals surface area contributed by atoms with E-state index in [4.69, 9.17) is 30.6 Å². The Kier molecular flexibility index (Phi) is 5.25. The van der Waals surface area contributed by atoms with E-state index in [2.05, 4.69) is 0 Å². The molecule has 2 unspecified atom stereocenters. The largest absolute Gasteiger partial charge is 0.462 e. The molecule has 2 rings (SSSR count). The number of carbonyl (C=O) groups is 1. The molecule has 0 N–H and O–H groups in total. The van der Waals surface area contributed by atoms with Crippen molar-refractivity contribution in [2.24, 2.45) is 0 Å². The van der Waals surface area contributed by atoms with Gasteiger partial charge in [-0.25, -0.2) is 0 Å². The number of ether oxygens (including phenoxy) is 3. The van der Waals surface area contributed by atoms with E-state index >= 15 is 0 Å². The molecule has 16 heavy (non-hydrogen) atoms. The standard InChI is InChI=1S/C10H11ClO3.CH2O/c1-7-12-6-10(13-7)14-9-4-2-3-8(11)5-9;1-2/h2-5,7,10H,6H2,1H3;1H2. The molecule has 5 heteroatoms. The van der Waals surface area contributed by atoms with Crippen molar-refractivity contribution >= 4 is 18.4 Å². The van der Waals surface area contributed by atoms with Crippen LogP contribution in [0.1, 0.15) is 6.92 Å². The average Bonchev–Trinajstić information content (AvgIpc) is 2.67. The molecular weight excluding hydrogens is 232 g/mol. The minimum atomic E-state index is -0.330. The van der Waals surface area contributed by atoms with Crippen molar-refractivity contribution in [2.45, 2.75) is 19.5 Å². The second-order valence-corrected chi connectivity index (χ2v) is 3.48. The lowest BCUT2D eigenvalue weighted by atomic mass is 10.3. The van der Waals surface area contributed by atoms with Crippen molar-refractivity contribution in [1.82, 2.24) is 0 Å². The summed E-state index contributed by atoms with van der Waals surface area (Å²) in [7, 11) is 0. The summed E-state index contributed by atoms with van der Waals surface area (Å²) in [4.78, 5) is 8.00. The van der Waals surface area contributed by atoms with Gasteiger partial charge < -0.3 is 19.0 Å². The molecule has 0 aromatic heterocycles. The van der Waals surface area contributed by atoms with Crippen LogP contribution in [0, 0.1) is 0 Å². The van der Waals surface area contributed by atoms with E-state index in [1.807, 2.05) is 25.8 Å². The number of hydrogen-bond donors (Lipinski definition) is 0. The van der Waals surface area contributed by atoms with Crippen LogP contribution in [0.2, 0.25) is 5.02 Å². The number of rotatable bonds is 2. The van der Waals surface area contributed by atoms with Crippen molar-refractivity contribution < 1.29 is 19.0 Å². The summed E-state index contributed by atoms with van der Waals surface area (Å²) in [6, 6.07) is 7.20. The van der Waals surface area contributed by atoms with Crippen LogP contribution in [-0.2, 0) is 14.3 Å². The van der Waals surface area contributed by atoms with E-state index < -0.39 is 0 Å². The summed E-state index contributed by atoms with van der Waals surface area (Å²) in [5, 5.41) is 0.648. The van der Waals surface area contributed by atoms with Gasteiger partial charge in [0.05, 0.1) is 0 Å². The molecule has 1 fully saturated rings. The lowest BCUT2D eigenvalue weighted by Crippen LogP contribution is -2.18. The Labute approximate surface area is 99.1 Å². The molecule has 0 spiro atoms. The summed E-state index contributed by atoms with van der Waals surface area (Å²) in [6.45, 7) is 4.29. The Morgan fingerprint density at radius 1 is 1.50 bits per heavy atom. The van der Waals surface area contributed by atoms with Gasteiger partial charge in [-0.2, -0.15) is 0 Å². The number of carbonyl (C=O) groups excluding carboxylic acids is 1. The van der Waals surface area contributed by atoms with Crippen LogP contribution in [0.3, 0.4) is 0 Å². The van der Waals surface area contributed by atoms with Crippen LogP contribution in [0.25, 0.3) is 0 Å². The van der Waals surface area contributed by atoms with Crippen LogP contribution in [0.5, 0.6) is 5.75 Å². The van der Waals surface area contributed by atoms with Crippen LogP contribution in [0.15, 0.2) is 24.3 Å². The molecule has 1 aromatic carbocycles. The number of hydrogen-bond acceptors (Lipinski definition) is 4. The summed E-state index contributed by atoms with van der Waals surface area (Å²) >= 11 is 5.81. The molecule has 1 aromatic rings. The highest BCUT2D eigenvalue weighted by molar-refractivity contribution is 6.30. The third-order valence-electron chi connectivity index (χ3n) is 1.87. The molecule has 0 bridgehead atoms. The number of halogens is 1. The molecule has 1 aliphatic heterocycles. The van der Waals surface area contributed by atoms with Crippen molar-refractivity contribution in [2.75, 3.05) is 6.61 Å². The molecule has 1 saturated heterocycles. The van der Waals surface area contributed by atoms with E-state index in [1.54, 1.807) is 12.1 Å². The first-order valence-corrected chi connectivity index (χ1v) is 5.10. The fourth-order valence-corrected chi connectivity index (χ4v) is 1.44. The van der Waals surface area contributed by atoms with Crippen molar-refractivity contribution in [3.05, 3.63) is 29.3 Å². The summed E-state index contributed by atoms with van der Waals surface area (Å²) in [6.07, 6.45) is -0.525. The molecule has 2 atom stereocenters. The maximum Gasteiger partial charge on any atom is 0.225 e. The van der Waals surface area contributed by atoms with Gasteiger partial charge in [-0.15, -0.1) is 0 Å². The quantitative estimate of drug-likeness (QED) is 0.801. The van der Waals surface area contributed by atoms with Crippen LogP contribution < -0.4 is 4.74 Å². The SMILES string of the molecule is C=O.CC1OCC(Oc2cccc(Cl)c2)O1. The van der Waals surface area contributed by atoms with Crippen LogP contribution in [-0.4, -0.2) is 26.0 Å². The predicted octanol–water partition coefficient (Wildman–Crippen LogP) is 2.25. The van der Waals surface area contributed by atoms with Crippen molar-refractivity contribution in [3.63, 3.8) is 0 Å². The Hall–Kier alpha value is -1.10.